The Morgan fingerprint density at radius 2 is 1.79 bits per heavy atom. The molecule has 39 heavy (non-hydrogen) atoms. The maximum atomic E-state index is 14.5. The smallest absolute Gasteiger partial charge is 0.272 e. The molecule has 2 atom stereocenters. The first kappa shape index (κ1) is 26.7. The van der Waals surface area contributed by atoms with E-state index < -0.39 is 40.7 Å². The molecule has 2 amide bonds. The zero-order chi connectivity index (χ0) is 27.7. The molecule has 10 heteroatoms. The summed E-state index contributed by atoms with van der Waals surface area (Å²) in [6.07, 6.45) is -0.0968. The average molecular weight is 539 g/mol. The van der Waals surface area contributed by atoms with Crippen LogP contribution in [0.3, 0.4) is 0 Å². The summed E-state index contributed by atoms with van der Waals surface area (Å²) in [6, 6.07) is 11.0. The first-order chi connectivity index (χ1) is 18.7. The quantitative estimate of drug-likeness (QED) is 0.506. The van der Waals surface area contributed by atoms with E-state index >= 15 is 0 Å². The van der Waals surface area contributed by atoms with Crippen molar-refractivity contribution in [2.75, 3.05) is 38.1 Å². The van der Waals surface area contributed by atoms with Crippen LogP contribution >= 0.6 is 0 Å². The fourth-order valence-corrected chi connectivity index (χ4v) is 5.23. The minimum atomic E-state index is -0.977. The van der Waals surface area contributed by atoms with Gasteiger partial charge in [-0.1, -0.05) is 23.8 Å². The minimum absolute atomic E-state index is 0.0603. The molecule has 0 saturated carbocycles. The number of benzene rings is 2. The lowest BCUT2D eigenvalue weighted by atomic mass is 10.1. The van der Waals surface area contributed by atoms with E-state index in [0.717, 1.165) is 29.4 Å². The van der Waals surface area contributed by atoms with Gasteiger partial charge in [0.05, 0.1) is 24.3 Å². The topological polar surface area (TPSA) is 74.8 Å². The van der Waals surface area contributed by atoms with Gasteiger partial charge in [-0.05, 0) is 49.7 Å². The van der Waals surface area contributed by atoms with Crippen LogP contribution in [0.2, 0.25) is 0 Å². The molecular weight excluding hydrogens is 509 g/mol. The molecule has 7 nitrogen and oxygen atoms in total. The number of amides is 2. The Labute approximate surface area is 224 Å². The number of morpholine rings is 1. The van der Waals surface area contributed by atoms with E-state index in [1.165, 1.54) is 17.7 Å². The summed E-state index contributed by atoms with van der Waals surface area (Å²) < 4.78 is 49.0. The van der Waals surface area contributed by atoms with Crippen molar-refractivity contribution in [1.29, 1.82) is 0 Å². The predicted octanol–water partition coefficient (Wildman–Crippen LogP) is 4.34. The second-order valence-electron chi connectivity index (χ2n) is 9.89. The number of nitrogens with zero attached hydrogens (tertiary/aromatic N) is 3. The van der Waals surface area contributed by atoms with Crippen LogP contribution in [0.15, 0.2) is 48.5 Å². The van der Waals surface area contributed by atoms with E-state index in [4.69, 9.17) is 4.74 Å². The summed E-state index contributed by atoms with van der Waals surface area (Å²) in [4.78, 5) is 33.7. The zero-order valence-electron chi connectivity index (χ0n) is 21.7. The molecule has 0 spiro atoms. The first-order valence-electron chi connectivity index (χ1n) is 12.9. The summed E-state index contributed by atoms with van der Waals surface area (Å²) in [5.74, 6) is -3.47. The molecule has 2 aromatic carbocycles. The third-order valence-electron chi connectivity index (χ3n) is 7.22. The van der Waals surface area contributed by atoms with Gasteiger partial charge in [-0.2, -0.15) is 0 Å². The van der Waals surface area contributed by atoms with Crippen molar-refractivity contribution in [1.82, 2.24) is 14.8 Å². The number of anilines is 1. The van der Waals surface area contributed by atoms with Crippen LogP contribution in [0.1, 0.15) is 28.0 Å². The second kappa shape index (κ2) is 11.1. The third kappa shape index (κ3) is 5.47. The van der Waals surface area contributed by atoms with Crippen molar-refractivity contribution in [3.63, 3.8) is 0 Å². The number of carbonyl (C=O) groups excluding carboxylic acids is 2. The Hall–Kier alpha value is -3.92. The summed E-state index contributed by atoms with van der Waals surface area (Å²) in [5.41, 5.74) is 1.91. The molecule has 3 heterocycles. The Kier molecular flexibility index (Phi) is 7.56. The molecule has 2 aliphatic heterocycles. The van der Waals surface area contributed by atoms with Gasteiger partial charge in [0.15, 0.2) is 0 Å². The molecule has 2 saturated heterocycles. The van der Waals surface area contributed by atoms with Gasteiger partial charge in [-0.3, -0.25) is 9.59 Å². The highest BCUT2D eigenvalue weighted by Gasteiger charge is 2.44. The molecule has 1 N–H and O–H groups in total. The Morgan fingerprint density at radius 1 is 1.03 bits per heavy atom. The number of carbonyl (C=O) groups is 2. The average Bonchev–Trinajstić information content (AvgIpc) is 3.35. The molecule has 204 valence electrons. The maximum absolute atomic E-state index is 14.5. The van der Waals surface area contributed by atoms with E-state index in [2.05, 4.69) is 16.4 Å². The highest BCUT2D eigenvalue weighted by molar-refractivity contribution is 5.93. The van der Waals surface area contributed by atoms with Crippen molar-refractivity contribution in [2.24, 2.45) is 0 Å². The highest BCUT2D eigenvalue weighted by Crippen LogP contribution is 2.29. The molecule has 2 fully saturated rings. The second-order valence-corrected chi connectivity index (χ2v) is 9.89. The van der Waals surface area contributed by atoms with E-state index in [1.54, 1.807) is 9.80 Å². The first-order valence-corrected chi connectivity index (χ1v) is 12.9. The van der Waals surface area contributed by atoms with Gasteiger partial charge < -0.3 is 19.9 Å². The molecular formula is C29H29F3N4O3. The molecule has 3 aromatic rings. The van der Waals surface area contributed by atoms with Crippen molar-refractivity contribution in [2.45, 2.75) is 32.4 Å². The fraction of sp³-hybridized carbons (Fsp3) is 0.345. The van der Waals surface area contributed by atoms with Crippen molar-refractivity contribution in [3.05, 3.63) is 82.8 Å². The molecule has 2 aliphatic rings. The number of nitrogens with one attached hydrogen (secondary N) is 1. The number of fused-ring (bicyclic) bond motifs is 1. The van der Waals surface area contributed by atoms with E-state index in [0.29, 0.717) is 13.1 Å². The monoisotopic (exact) mass is 538 g/mol. The standard InChI is InChI=1S/C29H29F3N4O3/c1-17-6-8-22(18(2)14-17)33-11-10-26(37)35-15-24-25(16-35)39-13-12-36(24)29(38)23-9-7-21(32)28(34-23)27-19(30)4-3-5-20(27)31/h3-9,14,24-25,33H,10-13,15-16H2,1-2H3/t24-,25+/m0/s1. The van der Waals surface area contributed by atoms with Gasteiger partial charge in [0, 0.05) is 38.3 Å². The highest BCUT2D eigenvalue weighted by atomic mass is 19.1. The number of ether oxygens (including phenoxy) is 1. The lowest BCUT2D eigenvalue weighted by Gasteiger charge is -2.36. The number of hydrogen-bond donors (Lipinski definition) is 1. The number of likely N-dealkylation sites (tertiary alicyclic amines) is 1. The number of halogens is 3. The van der Waals surface area contributed by atoms with E-state index in [1.807, 2.05) is 26.0 Å². The molecule has 0 aliphatic carbocycles. The van der Waals surface area contributed by atoms with Gasteiger partial charge in [0.1, 0.15) is 28.8 Å². The summed E-state index contributed by atoms with van der Waals surface area (Å²) in [5, 5.41) is 3.30. The van der Waals surface area contributed by atoms with Crippen LogP contribution in [0.5, 0.6) is 0 Å². The van der Waals surface area contributed by atoms with E-state index in [-0.39, 0.29) is 43.8 Å². The van der Waals surface area contributed by atoms with Gasteiger partial charge in [-0.15, -0.1) is 0 Å². The summed E-state index contributed by atoms with van der Waals surface area (Å²) in [6.45, 7) is 5.65. The molecule has 0 radical (unpaired) electrons. The van der Waals surface area contributed by atoms with Crippen LogP contribution in [-0.4, -0.2) is 71.5 Å². The fourth-order valence-electron chi connectivity index (χ4n) is 5.23. The Bertz CT molecular complexity index is 1400. The van der Waals surface area contributed by atoms with Crippen LogP contribution in [0, 0.1) is 31.3 Å². The van der Waals surface area contributed by atoms with Gasteiger partial charge in [-0.25, -0.2) is 18.2 Å². The van der Waals surface area contributed by atoms with Crippen LogP contribution in [0.25, 0.3) is 11.3 Å². The van der Waals surface area contributed by atoms with Gasteiger partial charge in [0.2, 0.25) is 5.91 Å². The lowest BCUT2D eigenvalue weighted by Crippen LogP contribution is -2.53. The predicted molar refractivity (Wildman–Crippen MR) is 140 cm³/mol. The number of rotatable bonds is 6. The van der Waals surface area contributed by atoms with Crippen molar-refractivity contribution in [3.8, 4) is 11.3 Å². The summed E-state index contributed by atoms with van der Waals surface area (Å²) >= 11 is 0. The zero-order valence-corrected chi connectivity index (χ0v) is 21.7. The number of aryl methyl sites for hydroxylation is 2. The van der Waals surface area contributed by atoms with Crippen LogP contribution in [-0.2, 0) is 9.53 Å². The Morgan fingerprint density at radius 3 is 2.54 bits per heavy atom. The summed E-state index contributed by atoms with van der Waals surface area (Å²) in [7, 11) is 0. The maximum Gasteiger partial charge on any atom is 0.272 e. The third-order valence-corrected chi connectivity index (χ3v) is 7.22. The van der Waals surface area contributed by atoms with Crippen molar-refractivity contribution < 1.29 is 27.5 Å². The molecule has 5 rings (SSSR count). The van der Waals surface area contributed by atoms with Gasteiger partial charge >= 0.3 is 0 Å². The van der Waals surface area contributed by atoms with Crippen LogP contribution < -0.4 is 5.32 Å². The van der Waals surface area contributed by atoms with E-state index in [9.17, 15) is 22.8 Å². The molecule has 1 aromatic heterocycles. The number of pyridine rings is 1. The number of aromatic nitrogens is 1. The SMILES string of the molecule is Cc1ccc(NCCC(=O)N2C[C@H]3OCCN(C(=O)c4ccc(F)c(-c5c(F)cccc5F)n4)[C@H]3C2)c(C)c1. The van der Waals surface area contributed by atoms with Crippen molar-refractivity contribution >= 4 is 17.5 Å². The van der Waals surface area contributed by atoms with Gasteiger partial charge in [0.25, 0.3) is 5.91 Å². The normalized spacial score (nSPS) is 18.7. The number of hydrogen-bond acceptors (Lipinski definition) is 5. The minimum Gasteiger partial charge on any atom is -0.384 e. The van der Waals surface area contributed by atoms with Crippen LogP contribution in [0.4, 0.5) is 18.9 Å². The largest absolute Gasteiger partial charge is 0.384 e. The molecule has 0 bridgehead atoms. The lowest BCUT2D eigenvalue weighted by molar-refractivity contribution is -0.130. The molecule has 0 unspecified atom stereocenters. The Balaban J connectivity index is 1.27.